The third-order valence-corrected chi connectivity index (χ3v) is 11.7. The molecule has 0 unspecified atom stereocenters. The van der Waals surface area contributed by atoms with Crippen LogP contribution in [0.1, 0.15) is 190 Å². The van der Waals surface area contributed by atoms with Crippen LogP contribution in [0.5, 0.6) is 0 Å². The van der Waals surface area contributed by atoms with Crippen LogP contribution >= 0.6 is 16.4 Å². The van der Waals surface area contributed by atoms with E-state index in [0.29, 0.717) is 0 Å². The summed E-state index contributed by atoms with van der Waals surface area (Å²) in [5.41, 5.74) is 20.0. The molecule has 0 amide bonds. The van der Waals surface area contributed by atoms with Crippen LogP contribution in [0, 0.1) is 0 Å². The van der Waals surface area contributed by atoms with Crippen molar-refractivity contribution in [2.24, 2.45) is 0 Å². The van der Waals surface area contributed by atoms with E-state index in [1.54, 1.807) is 0 Å². The first kappa shape index (κ1) is 39.8. The number of hydrogen-bond acceptors (Lipinski definition) is 0. The van der Waals surface area contributed by atoms with Crippen molar-refractivity contribution >= 4 is 37.9 Å². The van der Waals surface area contributed by atoms with Crippen LogP contribution in [-0.4, -0.2) is 10.9 Å². The molecule has 2 aromatic rings. The number of benzene rings is 2. The highest BCUT2D eigenvalue weighted by molar-refractivity contribution is 7.47. The molecule has 0 saturated heterocycles. The summed E-state index contributed by atoms with van der Waals surface area (Å²) in [5.74, 6) is 0. The zero-order chi connectivity index (χ0) is 36.0. The summed E-state index contributed by atoms with van der Waals surface area (Å²) in [6.45, 7) is 42.6. The quantitative estimate of drug-likeness (QED) is 0.220. The molecule has 0 atom stereocenters. The van der Waals surface area contributed by atoms with Gasteiger partial charge in [-0.2, -0.15) is 0 Å². The van der Waals surface area contributed by atoms with Gasteiger partial charge in [0.15, 0.2) is 0 Å². The molecule has 1 fully saturated rings. The molecule has 0 bridgehead atoms. The van der Waals surface area contributed by atoms with Gasteiger partial charge in [-0.3, -0.25) is 0 Å². The summed E-state index contributed by atoms with van der Waals surface area (Å²) in [6, 6.07) is 10.0. The predicted octanol–water partition coefficient (Wildman–Crippen LogP) is 12.9. The molecule has 1 aliphatic carbocycles. The van der Waals surface area contributed by atoms with Gasteiger partial charge in [0.2, 0.25) is 0 Å². The lowest BCUT2D eigenvalue weighted by Gasteiger charge is -2.32. The highest BCUT2D eigenvalue weighted by Gasteiger charge is 2.30. The Labute approximate surface area is 294 Å². The van der Waals surface area contributed by atoms with Gasteiger partial charge in [-0.05, 0) is 108 Å². The second kappa shape index (κ2) is 13.9. The normalized spacial score (nSPS) is 16.0. The van der Waals surface area contributed by atoms with Gasteiger partial charge in [-0.25, -0.2) is 0 Å². The van der Waals surface area contributed by atoms with Crippen LogP contribution < -0.4 is 10.6 Å². The summed E-state index contributed by atoms with van der Waals surface area (Å²) in [4.78, 5) is 0. The molecule has 3 rings (SSSR count). The van der Waals surface area contributed by atoms with E-state index in [2.05, 4.69) is 160 Å². The number of rotatable bonds is 2. The molecular formula is C45H68P2. The Morgan fingerprint density at radius 1 is 0.383 bits per heavy atom. The minimum absolute atomic E-state index is 0.0503. The second-order valence-electron chi connectivity index (χ2n) is 20.3. The first-order valence-corrected chi connectivity index (χ1v) is 19.9. The van der Waals surface area contributed by atoms with Gasteiger partial charge in [0.05, 0.1) is 0 Å². The first-order chi connectivity index (χ1) is 21.1. The van der Waals surface area contributed by atoms with E-state index in [9.17, 15) is 0 Å². The maximum atomic E-state index is 4.05. The molecule has 47 heavy (non-hydrogen) atoms. The molecular weight excluding hydrogens is 602 g/mol. The highest BCUT2D eigenvalue weighted by atomic mass is 31.1. The number of allylic oxidation sites excluding steroid dienone is 2. The minimum Gasteiger partial charge on any atom is -0.0841 e. The molecule has 0 spiro atoms. The molecule has 258 valence electrons. The van der Waals surface area contributed by atoms with Crippen molar-refractivity contribution in [2.45, 2.75) is 189 Å². The lowest BCUT2D eigenvalue weighted by Crippen LogP contribution is -2.29. The van der Waals surface area contributed by atoms with Crippen LogP contribution in [0.25, 0.3) is 0 Å². The van der Waals surface area contributed by atoms with Gasteiger partial charge >= 0.3 is 0 Å². The van der Waals surface area contributed by atoms with Crippen LogP contribution in [0.15, 0.2) is 35.4 Å². The largest absolute Gasteiger partial charge is 0.0841 e. The Balaban J connectivity index is 2.42. The van der Waals surface area contributed by atoms with E-state index in [0.717, 1.165) is 12.8 Å². The maximum Gasteiger partial charge on any atom is 0.0171 e. The van der Waals surface area contributed by atoms with Crippen LogP contribution in [0.3, 0.4) is 0 Å². The zero-order valence-corrected chi connectivity index (χ0v) is 35.5. The summed E-state index contributed by atoms with van der Waals surface area (Å²) >= 11 is 0. The van der Waals surface area contributed by atoms with Gasteiger partial charge in [-0.15, -0.1) is 0 Å². The van der Waals surface area contributed by atoms with E-state index in [1.807, 2.05) is 0 Å². The average Bonchev–Trinajstić information content (AvgIpc) is 3.11. The fourth-order valence-electron chi connectivity index (χ4n) is 6.24. The van der Waals surface area contributed by atoms with Crippen LogP contribution in [0.2, 0.25) is 0 Å². The average molecular weight is 671 g/mol. The molecule has 1 aliphatic rings. The summed E-state index contributed by atoms with van der Waals surface area (Å²) in [5, 5.41) is 2.91. The Kier molecular flexibility index (Phi) is 11.8. The Morgan fingerprint density at radius 2 is 0.638 bits per heavy atom. The molecule has 0 aliphatic heterocycles. The smallest absolute Gasteiger partial charge is 0.0171 e. The van der Waals surface area contributed by atoms with Crippen molar-refractivity contribution in [3.8, 4) is 0 Å². The fourth-order valence-corrected chi connectivity index (χ4v) is 9.31. The standard InChI is InChI=1S/C45H68P2/c1-40(2,3)32-24-34(42(7,8)9)38(35(25-32)43(10,11)12)46-28-30-22-20-19-21-23-31(30)29-47-39-36(44(13,14)15)26-33(41(4,5)6)27-37(39)45(16,17)18/h24-27H,19-23H2,1-18H3. The summed E-state index contributed by atoms with van der Waals surface area (Å²) in [7, 11) is 2.39. The van der Waals surface area contributed by atoms with Crippen molar-refractivity contribution in [2.75, 3.05) is 0 Å². The topological polar surface area (TPSA) is 0 Å². The van der Waals surface area contributed by atoms with E-state index in [-0.39, 0.29) is 32.5 Å². The molecule has 2 aromatic carbocycles. The number of hydrogen-bond donors (Lipinski definition) is 0. The van der Waals surface area contributed by atoms with Gasteiger partial charge in [0.25, 0.3) is 0 Å². The lowest BCUT2D eigenvalue weighted by atomic mass is 9.75. The third kappa shape index (κ3) is 10.2. The van der Waals surface area contributed by atoms with Gasteiger partial charge < -0.3 is 0 Å². The van der Waals surface area contributed by atoms with Crippen molar-refractivity contribution < 1.29 is 0 Å². The van der Waals surface area contributed by atoms with Crippen LogP contribution in [0.4, 0.5) is 0 Å². The molecule has 0 nitrogen and oxygen atoms in total. The van der Waals surface area contributed by atoms with E-state index in [1.165, 1.54) is 90.8 Å². The third-order valence-electron chi connectivity index (χ3n) is 9.51. The SMILES string of the molecule is CC(C)(C)c1cc(C(C)(C)C)c(P=C=C2CCCCCC2=C=Pc2c(C(C)(C)C)cc(C(C)(C)C)cc2C(C)(C)C)c(C(C)(C)C)c1. The van der Waals surface area contributed by atoms with Crippen molar-refractivity contribution in [1.29, 1.82) is 0 Å². The van der Waals surface area contributed by atoms with Gasteiger partial charge in [0, 0.05) is 21.8 Å². The molecule has 0 radical (unpaired) electrons. The predicted molar refractivity (Wildman–Crippen MR) is 218 cm³/mol. The van der Waals surface area contributed by atoms with Crippen molar-refractivity contribution in [3.63, 3.8) is 0 Å². The van der Waals surface area contributed by atoms with E-state index in [4.69, 9.17) is 0 Å². The molecule has 0 N–H and O–H groups in total. The Morgan fingerprint density at radius 3 is 0.851 bits per heavy atom. The first-order valence-electron chi connectivity index (χ1n) is 18.2. The van der Waals surface area contributed by atoms with E-state index < -0.39 is 0 Å². The summed E-state index contributed by atoms with van der Waals surface area (Å²) in [6.07, 6.45) is 5.96. The maximum absolute atomic E-state index is 4.05. The van der Waals surface area contributed by atoms with Gasteiger partial charge in [-0.1, -0.05) is 166 Å². The molecule has 1 saturated carbocycles. The lowest BCUT2D eigenvalue weighted by molar-refractivity contribution is 0.553. The second-order valence-corrected chi connectivity index (χ2v) is 22.1. The fraction of sp³-hybridized carbons (Fsp3) is 0.644. The highest BCUT2D eigenvalue weighted by Crippen LogP contribution is 2.37. The van der Waals surface area contributed by atoms with Crippen molar-refractivity contribution in [1.82, 2.24) is 0 Å². The zero-order valence-electron chi connectivity index (χ0n) is 33.7. The van der Waals surface area contributed by atoms with E-state index >= 15 is 0 Å². The molecule has 2 heteroatoms. The Bertz CT molecular complexity index is 1400. The van der Waals surface area contributed by atoms with Gasteiger partial charge in [0.1, 0.15) is 0 Å². The summed E-state index contributed by atoms with van der Waals surface area (Å²) < 4.78 is 0. The Hall–Kier alpha value is -1.66. The molecule has 0 aromatic heterocycles. The molecule has 0 heterocycles. The van der Waals surface area contributed by atoms with Crippen LogP contribution in [-0.2, 0) is 32.5 Å². The minimum atomic E-state index is 0.0503. The van der Waals surface area contributed by atoms with Crippen molar-refractivity contribution in [3.05, 3.63) is 68.8 Å². The monoisotopic (exact) mass is 670 g/mol.